The maximum Gasteiger partial charge on any atom is 0.0833 e. The molecule has 0 bridgehead atoms. The third-order valence-corrected chi connectivity index (χ3v) is 6.01. The molecular weight excluding hydrogens is 300 g/mol. The van der Waals surface area contributed by atoms with E-state index in [0.717, 1.165) is 32.8 Å². The molecule has 2 aliphatic heterocycles. The second kappa shape index (κ2) is 6.53. The van der Waals surface area contributed by atoms with Crippen LogP contribution >= 0.6 is 0 Å². The Morgan fingerprint density at radius 2 is 1.58 bits per heavy atom. The van der Waals surface area contributed by atoms with E-state index in [1.165, 1.54) is 25.7 Å². The minimum absolute atomic E-state index is 0.0122. The van der Waals surface area contributed by atoms with Gasteiger partial charge in [0.1, 0.15) is 0 Å². The van der Waals surface area contributed by atoms with Gasteiger partial charge in [0, 0.05) is 37.8 Å². The molecule has 0 atom stereocenters. The van der Waals surface area contributed by atoms with E-state index in [4.69, 9.17) is 9.47 Å². The normalized spacial score (nSPS) is 32.8. The first kappa shape index (κ1) is 18.6. The van der Waals surface area contributed by atoms with Crippen LogP contribution in [0.2, 0.25) is 0 Å². The standard InChI is InChI=1S/C20H38N2O2/c1-18(2,3)22-9-7-20(8-10-22)15-21(11-12-23-20)16-13-17(14-16)24-19(4,5)6/h16-17H,7-15H2,1-6H3. The summed E-state index contributed by atoms with van der Waals surface area (Å²) in [6, 6.07) is 0.707. The first-order valence-electron chi connectivity index (χ1n) is 9.87. The predicted octanol–water partition coefficient (Wildman–Crippen LogP) is 3.30. The van der Waals surface area contributed by atoms with Gasteiger partial charge >= 0.3 is 0 Å². The summed E-state index contributed by atoms with van der Waals surface area (Å²) < 4.78 is 12.4. The summed E-state index contributed by atoms with van der Waals surface area (Å²) in [6.45, 7) is 18.9. The quantitative estimate of drug-likeness (QED) is 0.771. The first-order valence-corrected chi connectivity index (χ1v) is 9.87. The lowest BCUT2D eigenvalue weighted by atomic mass is 9.83. The third kappa shape index (κ3) is 4.32. The molecule has 0 unspecified atom stereocenters. The largest absolute Gasteiger partial charge is 0.373 e. The van der Waals surface area contributed by atoms with E-state index in [0.29, 0.717) is 12.1 Å². The number of rotatable bonds is 2. The van der Waals surface area contributed by atoms with Crippen molar-refractivity contribution >= 4 is 0 Å². The lowest BCUT2D eigenvalue weighted by Gasteiger charge is -2.53. The van der Waals surface area contributed by atoms with Crippen molar-refractivity contribution in [3.05, 3.63) is 0 Å². The highest BCUT2D eigenvalue weighted by atomic mass is 16.5. The lowest BCUT2D eigenvalue weighted by molar-refractivity contribution is -0.174. The van der Waals surface area contributed by atoms with Crippen molar-refractivity contribution in [2.24, 2.45) is 0 Å². The fourth-order valence-electron chi connectivity index (χ4n) is 4.51. The molecular formula is C20H38N2O2. The Morgan fingerprint density at radius 1 is 0.958 bits per heavy atom. The number of likely N-dealkylation sites (tertiary alicyclic amines) is 1. The molecule has 3 rings (SSSR count). The van der Waals surface area contributed by atoms with Crippen molar-refractivity contribution in [1.29, 1.82) is 0 Å². The highest BCUT2D eigenvalue weighted by Gasteiger charge is 2.45. The Balaban J connectivity index is 1.50. The number of morpholine rings is 1. The van der Waals surface area contributed by atoms with Crippen LogP contribution in [0, 0.1) is 0 Å². The van der Waals surface area contributed by atoms with Gasteiger partial charge in [0.2, 0.25) is 0 Å². The molecule has 2 heterocycles. The summed E-state index contributed by atoms with van der Waals surface area (Å²) in [7, 11) is 0. The number of nitrogens with zero attached hydrogens (tertiary/aromatic N) is 2. The van der Waals surface area contributed by atoms with Crippen molar-refractivity contribution < 1.29 is 9.47 Å². The van der Waals surface area contributed by atoms with Crippen LogP contribution in [0.4, 0.5) is 0 Å². The second-order valence-corrected chi connectivity index (χ2v) is 10.1. The highest BCUT2D eigenvalue weighted by molar-refractivity contribution is 4.99. The fourth-order valence-corrected chi connectivity index (χ4v) is 4.51. The smallest absolute Gasteiger partial charge is 0.0833 e. The van der Waals surface area contributed by atoms with E-state index < -0.39 is 0 Å². The lowest BCUT2D eigenvalue weighted by Crippen LogP contribution is -2.62. The van der Waals surface area contributed by atoms with Crippen LogP contribution in [-0.4, -0.2) is 71.5 Å². The third-order valence-electron chi connectivity index (χ3n) is 6.01. The van der Waals surface area contributed by atoms with E-state index >= 15 is 0 Å². The van der Waals surface area contributed by atoms with E-state index in [-0.39, 0.29) is 16.7 Å². The van der Waals surface area contributed by atoms with E-state index in [1.54, 1.807) is 0 Å². The van der Waals surface area contributed by atoms with Gasteiger partial charge in [-0.25, -0.2) is 0 Å². The monoisotopic (exact) mass is 338 g/mol. The SMILES string of the molecule is CC(C)(C)OC1CC(N2CCOC3(CCN(C(C)(C)C)CC3)C2)C1. The molecule has 0 aromatic rings. The molecule has 0 aromatic carbocycles. The van der Waals surface area contributed by atoms with Gasteiger partial charge in [-0.3, -0.25) is 9.80 Å². The molecule has 1 spiro atoms. The first-order chi connectivity index (χ1) is 11.1. The maximum absolute atomic E-state index is 6.32. The van der Waals surface area contributed by atoms with Gasteiger partial charge in [0.25, 0.3) is 0 Å². The Hall–Kier alpha value is -0.160. The second-order valence-electron chi connectivity index (χ2n) is 10.1. The Morgan fingerprint density at radius 3 is 2.12 bits per heavy atom. The minimum Gasteiger partial charge on any atom is -0.373 e. The van der Waals surface area contributed by atoms with Crippen LogP contribution in [0.1, 0.15) is 67.2 Å². The molecule has 0 aromatic heterocycles. The molecule has 0 radical (unpaired) electrons. The van der Waals surface area contributed by atoms with Crippen LogP contribution in [0.5, 0.6) is 0 Å². The zero-order valence-corrected chi connectivity index (χ0v) is 16.7. The van der Waals surface area contributed by atoms with E-state index in [1.807, 2.05) is 0 Å². The zero-order chi connectivity index (χ0) is 17.6. The summed E-state index contributed by atoms with van der Waals surface area (Å²) in [5, 5.41) is 0. The van der Waals surface area contributed by atoms with Crippen LogP contribution < -0.4 is 0 Å². The van der Waals surface area contributed by atoms with Gasteiger partial charge in [-0.05, 0) is 67.2 Å². The van der Waals surface area contributed by atoms with Crippen LogP contribution in [0.15, 0.2) is 0 Å². The zero-order valence-electron chi connectivity index (χ0n) is 16.7. The fraction of sp³-hybridized carbons (Fsp3) is 1.00. The van der Waals surface area contributed by atoms with Gasteiger partial charge in [-0.2, -0.15) is 0 Å². The highest BCUT2D eigenvalue weighted by Crippen LogP contribution is 2.37. The molecule has 2 saturated heterocycles. The summed E-state index contributed by atoms with van der Waals surface area (Å²) >= 11 is 0. The Labute approximate surface area is 148 Å². The van der Waals surface area contributed by atoms with Crippen molar-refractivity contribution in [2.75, 3.05) is 32.8 Å². The average Bonchev–Trinajstić information content (AvgIpc) is 2.41. The van der Waals surface area contributed by atoms with Crippen LogP contribution in [0.25, 0.3) is 0 Å². The summed E-state index contributed by atoms with van der Waals surface area (Å²) in [4.78, 5) is 5.30. The van der Waals surface area contributed by atoms with Crippen molar-refractivity contribution in [3.63, 3.8) is 0 Å². The van der Waals surface area contributed by atoms with Crippen molar-refractivity contribution in [1.82, 2.24) is 9.80 Å². The summed E-state index contributed by atoms with van der Waals surface area (Å²) in [6.07, 6.45) is 5.20. The van der Waals surface area contributed by atoms with Gasteiger partial charge < -0.3 is 9.47 Å². The molecule has 24 heavy (non-hydrogen) atoms. The van der Waals surface area contributed by atoms with Gasteiger partial charge in [-0.1, -0.05) is 0 Å². The molecule has 1 aliphatic carbocycles. The van der Waals surface area contributed by atoms with Gasteiger partial charge in [-0.15, -0.1) is 0 Å². The van der Waals surface area contributed by atoms with Gasteiger partial charge in [0.05, 0.1) is 23.9 Å². The minimum atomic E-state index is -0.0122. The number of piperidine rings is 1. The molecule has 3 fully saturated rings. The molecule has 1 saturated carbocycles. The van der Waals surface area contributed by atoms with Crippen LogP contribution in [0.3, 0.4) is 0 Å². The molecule has 3 aliphatic rings. The molecule has 4 heteroatoms. The van der Waals surface area contributed by atoms with Crippen molar-refractivity contribution in [3.8, 4) is 0 Å². The average molecular weight is 339 g/mol. The number of ether oxygens (including phenoxy) is 2. The predicted molar refractivity (Wildman–Crippen MR) is 98.5 cm³/mol. The summed E-state index contributed by atoms with van der Waals surface area (Å²) in [5.41, 5.74) is 0.374. The summed E-state index contributed by atoms with van der Waals surface area (Å²) in [5.74, 6) is 0. The van der Waals surface area contributed by atoms with Crippen LogP contribution in [-0.2, 0) is 9.47 Å². The van der Waals surface area contributed by atoms with Gasteiger partial charge in [0.15, 0.2) is 0 Å². The Kier molecular flexibility index (Phi) is 5.07. The maximum atomic E-state index is 6.32. The molecule has 0 N–H and O–H groups in total. The molecule has 140 valence electrons. The van der Waals surface area contributed by atoms with E-state index in [9.17, 15) is 0 Å². The molecule has 0 amide bonds. The number of hydrogen-bond acceptors (Lipinski definition) is 4. The van der Waals surface area contributed by atoms with E-state index in [2.05, 4.69) is 51.3 Å². The topological polar surface area (TPSA) is 24.9 Å². The number of hydrogen-bond donors (Lipinski definition) is 0. The Bertz CT molecular complexity index is 424. The molecule has 4 nitrogen and oxygen atoms in total. The van der Waals surface area contributed by atoms with Crippen molar-refractivity contribution in [2.45, 2.75) is 96.1 Å².